The van der Waals surface area contributed by atoms with Crippen LogP contribution in [0, 0.1) is 11.8 Å². The highest BCUT2D eigenvalue weighted by Crippen LogP contribution is 2.45. The highest BCUT2D eigenvalue weighted by atomic mass is 31.2. The summed E-state index contributed by atoms with van der Waals surface area (Å²) in [6, 6.07) is 0. The van der Waals surface area contributed by atoms with Crippen molar-refractivity contribution in [2.45, 2.75) is 374 Å². The number of unbranched alkanes of at least 4 members (excludes halogenated alkanes) is 37. The summed E-state index contributed by atoms with van der Waals surface area (Å²) in [7, 11) is -9.90. The van der Waals surface area contributed by atoms with E-state index in [-0.39, 0.29) is 25.7 Å². The van der Waals surface area contributed by atoms with Crippen LogP contribution in [0.4, 0.5) is 0 Å². The summed E-state index contributed by atoms with van der Waals surface area (Å²) in [5.74, 6) is -0.577. The number of carbonyl (C=O) groups excluding carboxylic acids is 4. The van der Waals surface area contributed by atoms with Crippen LogP contribution in [0.3, 0.4) is 0 Å². The van der Waals surface area contributed by atoms with Gasteiger partial charge in [0.25, 0.3) is 0 Å². The van der Waals surface area contributed by atoms with Gasteiger partial charge < -0.3 is 33.8 Å². The lowest BCUT2D eigenvalue weighted by Gasteiger charge is -2.21. The van der Waals surface area contributed by atoms with Crippen LogP contribution in [0.15, 0.2) is 0 Å². The van der Waals surface area contributed by atoms with Gasteiger partial charge in [0.2, 0.25) is 0 Å². The molecule has 0 aliphatic carbocycles. The average molecular weight is 1310 g/mol. The van der Waals surface area contributed by atoms with Crippen LogP contribution in [0.1, 0.15) is 356 Å². The fourth-order valence-electron chi connectivity index (χ4n) is 10.5. The summed E-state index contributed by atoms with van der Waals surface area (Å²) in [6.45, 7) is 9.54. The van der Waals surface area contributed by atoms with Crippen LogP contribution < -0.4 is 0 Å². The number of aliphatic hydroxyl groups excluding tert-OH is 1. The Morgan fingerprint density at radius 3 is 0.798 bits per heavy atom. The highest BCUT2D eigenvalue weighted by Gasteiger charge is 2.30. The molecule has 0 heterocycles. The van der Waals surface area contributed by atoms with Gasteiger partial charge in [-0.25, -0.2) is 9.13 Å². The molecule has 7 atom stereocenters. The Bertz CT molecular complexity index is 1740. The molecule has 0 aromatic heterocycles. The molecule has 4 unspecified atom stereocenters. The third kappa shape index (κ3) is 62.0. The molecule has 0 fully saturated rings. The van der Waals surface area contributed by atoms with Crippen LogP contribution in [0.25, 0.3) is 0 Å². The highest BCUT2D eigenvalue weighted by molar-refractivity contribution is 7.47. The lowest BCUT2D eigenvalue weighted by Crippen LogP contribution is -2.30. The van der Waals surface area contributed by atoms with Crippen molar-refractivity contribution in [3.63, 3.8) is 0 Å². The van der Waals surface area contributed by atoms with E-state index in [9.17, 15) is 43.2 Å². The second kappa shape index (κ2) is 62.2. The first-order valence-corrected chi connectivity index (χ1v) is 39.6. The Kier molecular flexibility index (Phi) is 60.8. The minimum absolute atomic E-state index is 0.105. The smallest absolute Gasteiger partial charge is 0.462 e. The van der Waals surface area contributed by atoms with Gasteiger partial charge in [-0.05, 0) is 37.5 Å². The van der Waals surface area contributed by atoms with Crippen molar-refractivity contribution in [1.29, 1.82) is 0 Å². The molecule has 0 radical (unpaired) electrons. The average Bonchev–Trinajstić information content (AvgIpc) is 3.55. The Hall–Kier alpha value is -1.94. The summed E-state index contributed by atoms with van der Waals surface area (Å²) >= 11 is 0. The molecular weight excluding hydrogens is 1170 g/mol. The van der Waals surface area contributed by atoms with Gasteiger partial charge in [-0.3, -0.25) is 37.3 Å². The summed E-state index contributed by atoms with van der Waals surface area (Å²) in [5, 5.41) is 10.6. The molecule has 89 heavy (non-hydrogen) atoms. The molecule has 0 aromatic rings. The van der Waals surface area contributed by atoms with E-state index in [0.717, 1.165) is 102 Å². The second-order valence-electron chi connectivity index (χ2n) is 25.8. The van der Waals surface area contributed by atoms with Gasteiger partial charge in [0.1, 0.15) is 19.3 Å². The number of carbonyl (C=O) groups is 4. The topological polar surface area (TPSA) is 237 Å². The first-order valence-electron chi connectivity index (χ1n) is 36.6. The molecule has 0 spiro atoms. The fourth-order valence-corrected chi connectivity index (χ4v) is 12.1. The van der Waals surface area contributed by atoms with Gasteiger partial charge in [0.15, 0.2) is 12.2 Å². The summed E-state index contributed by atoms with van der Waals surface area (Å²) in [5.41, 5.74) is 0. The SMILES string of the molecule is CCCCCCCCCCCCCCCCCC(=O)O[C@H](COC(=O)CCCCCCCCCCC(C)CC)COP(=O)(O)OC[C@@H](O)COP(=O)(O)OC[C@@H](COC(=O)CCCCCCCCCCCC)OC(=O)CCCCCCCCCCC(C)CC. The van der Waals surface area contributed by atoms with Crippen LogP contribution in [-0.4, -0.2) is 96.7 Å². The molecule has 0 saturated carbocycles. The third-order valence-corrected chi connectivity index (χ3v) is 18.8. The van der Waals surface area contributed by atoms with Crippen LogP contribution >= 0.6 is 15.6 Å². The van der Waals surface area contributed by atoms with Crippen molar-refractivity contribution in [3.05, 3.63) is 0 Å². The second-order valence-corrected chi connectivity index (χ2v) is 28.7. The Balaban J connectivity index is 5.26. The Morgan fingerprint density at radius 2 is 0.539 bits per heavy atom. The number of phosphoric acid groups is 2. The summed E-state index contributed by atoms with van der Waals surface area (Å²) in [6.07, 6.45) is 47.0. The van der Waals surface area contributed by atoms with E-state index < -0.39 is 97.5 Å². The predicted octanol–water partition coefficient (Wildman–Crippen LogP) is 20.0. The number of ether oxygens (including phenoxy) is 4. The molecule has 17 nitrogen and oxygen atoms in total. The molecule has 0 saturated heterocycles. The van der Waals surface area contributed by atoms with Crippen molar-refractivity contribution in [2.24, 2.45) is 11.8 Å². The number of esters is 4. The molecule has 0 amide bonds. The van der Waals surface area contributed by atoms with E-state index in [4.69, 9.17) is 37.0 Å². The number of hydrogen-bond donors (Lipinski definition) is 3. The van der Waals surface area contributed by atoms with Crippen molar-refractivity contribution >= 4 is 39.5 Å². The molecule has 0 bridgehead atoms. The van der Waals surface area contributed by atoms with Gasteiger partial charge in [-0.15, -0.1) is 0 Å². The number of phosphoric ester groups is 2. The fraction of sp³-hybridized carbons (Fsp3) is 0.943. The standard InChI is InChI=1S/C70H136O17P2/c1-7-11-13-15-17-19-21-22-23-24-25-27-36-42-48-54-69(74)86-65(59-81-68(73)53-47-41-35-30-28-32-38-44-50-62(5)9-3)60-84-88(76,77)82-56-64(71)57-83-89(78,79)85-61-66(58-80-67(72)52-46-40-34-26-20-18-16-14-12-8-2)87-70(75)55-49-43-37-31-29-33-39-45-51-63(6)10-4/h62-66,71H,7-61H2,1-6H3,(H,76,77)(H,78,79)/t62?,63?,64-,65-,66-/m1/s1. The molecular formula is C70H136O17P2. The van der Waals surface area contributed by atoms with E-state index in [1.54, 1.807) is 0 Å². The number of hydrogen-bond acceptors (Lipinski definition) is 15. The van der Waals surface area contributed by atoms with Crippen LogP contribution in [0.2, 0.25) is 0 Å². The first kappa shape index (κ1) is 87.1. The van der Waals surface area contributed by atoms with Crippen molar-refractivity contribution in [2.75, 3.05) is 39.6 Å². The predicted molar refractivity (Wildman–Crippen MR) is 358 cm³/mol. The van der Waals surface area contributed by atoms with E-state index in [1.807, 2.05) is 0 Å². The maximum atomic E-state index is 13.0. The number of aliphatic hydroxyl groups is 1. The third-order valence-electron chi connectivity index (χ3n) is 16.9. The normalized spacial score (nSPS) is 14.8. The van der Waals surface area contributed by atoms with Crippen molar-refractivity contribution in [1.82, 2.24) is 0 Å². The van der Waals surface area contributed by atoms with Gasteiger partial charge in [0, 0.05) is 25.7 Å². The van der Waals surface area contributed by atoms with Gasteiger partial charge in [0.05, 0.1) is 26.4 Å². The van der Waals surface area contributed by atoms with E-state index in [2.05, 4.69) is 41.5 Å². The zero-order valence-corrected chi connectivity index (χ0v) is 59.5. The van der Waals surface area contributed by atoms with Gasteiger partial charge in [-0.2, -0.15) is 0 Å². The number of rotatable bonds is 69. The van der Waals surface area contributed by atoms with Crippen molar-refractivity contribution in [3.8, 4) is 0 Å². The quantitative estimate of drug-likeness (QED) is 0.0222. The van der Waals surface area contributed by atoms with Crippen molar-refractivity contribution < 1.29 is 80.2 Å². The first-order chi connectivity index (χ1) is 42.9. The molecule has 3 N–H and O–H groups in total. The van der Waals surface area contributed by atoms with E-state index >= 15 is 0 Å². The minimum atomic E-state index is -4.95. The van der Waals surface area contributed by atoms with E-state index in [1.165, 1.54) is 173 Å². The maximum Gasteiger partial charge on any atom is 0.472 e. The molecule has 0 rings (SSSR count). The zero-order valence-electron chi connectivity index (χ0n) is 57.7. The molecule has 528 valence electrons. The molecule has 0 aliphatic heterocycles. The lowest BCUT2D eigenvalue weighted by atomic mass is 9.99. The van der Waals surface area contributed by atoms with Crippen LogP contribution in [0.5, 0.6) is 0 Å². The zero-order chi connectivity index (χ0) is 65.7. The van der Waals surface area contributed by atoms with E-state index in [0.29, 0.717) is 25.7 Å². The van der Waals surface area contributed by atoms with Crippen LogP contribution in [-0.2, 0) is 65.4 Å². The molecule has 19 heteroatoms. The summed E-state index contributed by atoms with van der Waals surface area (Å²) < 4.78 is 68.3. The van der Waals surface area contributed by atoms with Gasteiger partial charge in [-0.1, -0.05) is 305 Å². The Morgan fingerprint density at radius 1 is 0.315 bits per heavy atom. The minimum Gasteiger partial charge on any atom is -0.462 e. The van der Waals surface area contributed by atoms with Gasteiger partial charge >= 0.3 is 39.5 Å². The summed E-state index contributed by atoms with van der Waals surface area (Å²) in [4.78, 5) is 72.5. The maximum absolute atomic E-state index is 13.0. The largest absolute Gasteiger partial charge is 0.472 e. The molecule has 0 aliphatic rings. The Labute approximate surface area is 543 Å². The monoisotopic (exact) mass is 1310 g/mol. The lowest BCUT2D eigenvalue weighted by molar-refractivity contribution is -0.161. The molecule has 0 aromatic carbocycles.